The van der Waals surface area contributed by atoms with Gasteiger partial charge in [-0.2, -0.15) is 0 Å². The summed E-state index contributed by atoms with van der Waals surface area (Å²) in [7, 11) is 0. The summed E-state index contributed by atoms with van der Waals surface area (Å²) in [4.78, 5) is 30.1. The third-order valence-electron chi connectivity index (χ3n) is 2.60. The molecule has 0 fully saturated rings. The van der Waals surface area contributed by atoms with E-state index in [0.717, 1.165) is 5.56 Å². The zero-order valence-corrected chi connectivity index (χ0v) is 9.88. The van der Waals surface area contributed by atoms with Crippen molar-refractivity contribution in [2.75, 3.05) is 0 Å². The van der Waals surface area contributed by atoms with Crippen molar-refractivity contribution in [2.24, 2.45) is 0 Å². The monoisotopic (exact) mass is 243 g/mol. The Morgan fingerprint density at radius 3 is 2.94 bits per heavy atom. The van der Waals surface area contributed by atoms with Gasteiger partial charge in [-0.25, -0.2) is 0 Å². The van der Waals surface area contributed by atoms with Crippen LogP contribution in [0, 0.1) is 0 Å². The molecule has 0 aliphatic heterocycles. The van der Waals surface area contributed by atoms with E-state index in [4.69, 9.17) is 0 Å². The van der Waals surface area contributed by atoms with Crippen LogP contribution in [0.15, 0.2) is 47.8 Å². The first-order chi connectivity index (χ1) is 8.68. The standard InChI is InChI=1S/C13H13N3O2/c1-9(10-3-2-5-14-7-10)16-13(18)11-8-15-6-4-12(11)17/h2-9H,1H3,(H,15,17)(H,16,18). The lowest BCUT2D eigenvalue weighted by Gasteiger charge is -2.13. The van der Waals surface area contributed by atoms with Gasteiger partial charge >= 0.3 is 0 Å². The summed E-state index contributed by atoms with van der Waals surface area (Å²) in [6, 6.07) is 4.79. The van der Waals surface area contributed by atoms with Crippen molar-refractivity contribution < 1.29 is 4.79 Å². The molecular weight excluding hydrogens is 230 g/mol. The van der Waals surface area contributed by atoms with Crippen LogP contribution in [0.25, 0.3) is 0 Å². The minimum absolute atomic E-state index is 0.105. The summed E-state index contributed by atoms with van der Waals surface area (Å²) in [5.74, 6) is -0.395. The molecule has 0 aliphatic carbocycles. The van der Waals surface area contributed by atoms with Crippen molar-refractivity contribution in [3.63, 3.8) is 0 Å². The molecule has 5 nitrogen and oxygen atoms in total. The second-order valence-electron chi connectivity index (χ2n) is 3.90. The number of aromatic nitrogens is 2. The Balaban J connectivity index is 2.14. The van der Waals surface area contributed by atoms with Crippen molar-refractivity contribution in [1.82, 2.24) is 15.3 Å². The minimum atomic E-state index is -0.395. The quantitative estimate of drug-likeness (QED) is 0.852. The number of pyridine rings is 2. The lowest BCUT2D eigenvalue weighted by atomic mass is 10.1. The number of nitrogens with one attached hydrogen (secondary N) is 2. The Bertz CT molecular complexity index is 592. The molecule has 1 atom stereocenters. The van der Waals surface area contributed by atoms with Gasteiger partial charge in [-0.1, -0.05) is 6.07 Å². The summed E-state index contributed by atoms with van der Waals surface area (Å²) in [5.41, 5.74) is 0.691. The first-order valence-corrected chi connectivity index (χ1v) is 5.56. The zero-order chi connectivity index (χ0) is 13.0. The van der Waals surface area contributed by atoms with E-state index in [1.54, 1.807) is 18.5 Å². The Hall–Kier alpha value is -2.43. The fourth-order valence-corrected chi connectivity index (χ4v) is 1.58. The highest BCUT2D eigenvalue weighted by atomic mass is 16.2. The van der Waals surface area contributed by atoms with E-state index in [2.05, 4.69) is 15.3 Å². The molecule has 2 rings (SSSR count). The van der Waals surface area contributed by atoms with E-state index < -0.39 is 5.91 Å². The molecule has 2 heterocycles. The van der Waals surface area contributed by atoms with Gasteiger partial charge in [-0.15, -0.1) is 0 Å². The highest BCUT2D eigenvalue weighted by Gasteiger charge is 2.13. The van der Waals surface area contributed by atoms with Gasteiger partial charge in [0.2, 0.25) is 0 Å². The summed E-state index contributed by atoms with van der Waals surface area (Å²) in [5, 5.41) is 2.75. The normalized spacial score (nSPS) is 11.8. The molecule has 18 heavy (non-hydrogen) atoms. The van der Waals surface area contributed by atoms with E-state index in [1.165, 1.54) is 18.5 Å². The van der Waals surface area contributed by atoms with Crippen LogP contribution in [-0.4, -0.2) is 15.9 Å². The number of carbonyl (C=O) groups excluding carboxylic acids is 1. The average molecular weight is 243 g/mol. The first kappa shape index (κ1) is 12.0. The van der Waals surface area contributed by atoms with E-state index in [0.29, 0.717) is 0 Å². The maximum absolute atomic E-state index is 11.9. The van der Waals surface area contributed by atoms with Crippen molar-refractivity contribution in [3.05, 3.63) is 64.3 Å². The summed E-state index contributed by atoms with van der Waals surface area (Å²) in [6.45, 7) is 1.84. The van der Waals surface area contributed by atoms with Gasteiger partial charge in [0.05, 0.1) is 6.04 Å². The van der Waals surface area contributed by atoms with Gasteiger partial charge in [-0.3, -0.25) is 14.6 Å². The van der Waals surface area contributed by atoms with Crippen LogP contribution in [-0.2, 0) is 0 Å². The second kappa shape index (κ2) is 5.27. The zero-order valence-electron chi connectivity index (χ0n) is 9.88. The smallest absolute Gasteiger partial charge is 0.257 e. The molecule has 2 aromatic rings. The van der Waals surface area contributed by atoms with Gasteiger partial charge in [0.1, 0.15) is 5.56 Å². The van der Waals surface area contributed by atoms with E-state index in [-0.39, 0.29) is 17.0 Å². The third kappa shape index (κ3) is 2.63. The molecule has 2 aromatic heterocycles. The fraction of sp³-hybridized carbons (Fsp3) is 0.154. The number of hydrogen-bond donors (Lipinski definition) is 2. The Kier molecular flexibility index (Phi) is 3.52. The first-order valence-electron chi connectivity index (χ1n) is 5.56. The van der Waals surface area contributed by atoms with Crippen LogP contribution in [0.5, 0.6) is 0 Å². The molecule has 0 aromatic carbocycles. The van der Waals surface area contributed by atoms with Crippen LogP contribution < -0.4 is 10.7 Å². The van der Waals surface area contributed by atoms with Crippen LogP contribution in [0.3, 0.4) is 0 Å². The SMILES string of the molecule is CC(NC(=O)c1c[nH]ccc1=O)c1cccnc1. The average Bonchev–Trinajstić information content (AvgIpc) is 2.40. The third-order valence-corrected chi connectivity index (χ3v) is 2.60. The number of H-pyrrole nitrogens is 1. The molecule has 0 spiro atoms. The van der Waals surface area contributed by atoms with Gasteiger partial charge in [0, 0.05) is 30.9 Å². The number of amides is 1. The predicted molar refractivity (Wildman–Crippen MR) is 67.2 cm³/mol. The van der Waals surface area contributed by atoms with E-state index in [9.17, 15) is 9.59 Å². The predicted octanol–water partition coefficient (Wildman–Crippen LogP) is 1.26. The number of nitrogens with zero attached hydrogens (tertiary/aromatic N) is 1. The highest BCUT2D eigenvalue weighted by Crippen LogP contribution is 2.10. The summed E-state index contributed by atoms with van der Waals surface area (Å²) >= 11 is 0. The maximum Gasteiger partial charge on any atom is 0.257 e. The van der Waals surface area contributed by atoms with E-state index in [1.807, 2.05) is 13.0 Å². The lowest BCUT2D eigenvalue weighted by molar-refractivity contribution is 0.0938. The Morgan fingerprint density at radius 1 is 1.44 bits per heavy atom. The maximum atomic E-state index is 11.9. The molecule has 92 valence electrons. The lowest BCUT2D eigenvalue weighted by Crippen LogP contribution is -2.30. The number of hydrogen-bond acceptors (Lipinski definition) is 3. The molecule has 0 aliphatic rings. The fourth-order valence-electron chi connectivity index (χ4n) is 1.58. The molecule has 2 N–H and O–H groups in total. The molecule has 0 saturated heterocycles. The van der Waals surface area contributed by atoms with Crippen LogP contribution in [0.4, 0.5) is 0 Å². The summed E-state index contributed by atoms with van der Waals surface area (Å²) in [6.07, 6.45) is 6.23. The van der Waals surface area contributed by atoms with Crippen LogP contribution in [0.1, 0.15) is 28.9 Å². The molecule has 0 bridgehead atoms. The number of aromatic amines is 1. The molecule has 1 unspecified atom stereocenters. The van der Waals surface area contributed by atoms with Gasteiger partial charge in [0.25, 0.3) is 5.91 Å². The Morgan fingerprint density at radius 2 is 2.28 bits per heavy atom. The number of rotatable bonds is 3. The topological polar surface area (TPSA) is 74.8 Å². The molecule has 0 radical (unpaired) electrons. The van der Waals surface area contributed by atoms with Crippen molar-refractivity contribution in [1.29, 1.82) is 0 Å². The largest absolute Gasteiger partial charge is 0.367 e. The molecular formula is C13H13N3O2. The summed E-state index contributed by atoms with van der Waals surface area (Å²) < 4.78 is 0. The minimum Gasteiger partial charge on any atom is -0.367 e. The Labute approximate surface area is 104 Å². The molecule has 5 heteroatoms. The van der Waals surface area contributed by atoms with Crippen molar-refractivity contribution in [2.45, 2.75) is 13.0 Å². The molecule has 0 saturated carbocycles. The van der Waals surface area contributed by atoms with Gasteiger partial charge in [0.15, 0.2) is 5.43 Å². The van der Waals surface area contributed by atoms with Crippen LogP contribution in [0.2, 0.25) is 0 Å². The number of carbonyl (C=O) groups is 1. The van der Waals surface area contributed by atoms with Crippen molar-refractivity contribution >= 4 is 5.91 Å². The van der Waals surface area contributed by atoms with Crippen molar-refractivity contribution in [3.8, 4) is 0 Å². The molecule has 1 amide bonds. The van der Waals surface area contributed by atoms with Gasteiger partial charge < -0.3 is 10.3 Å². The highest BCUT2D eigenvalue weighted by molar-refractivity contribution is 5.93. The van der Waals surface area contributed by atoms with Crippen LogP contribution >= 0.6 is 0 Å². The van der Waals surface area contributed by atoms with E-state index >= 15 is 0 Å². The second-order valence-corrected chi connectivity index (χ2v) is 3.90. The van der Waals surface area contributed by atoms with Gasteiger partial charge in [-0.05, 0) is 18.6 Å².